The smallest absolute Gasteiger partial charge is 0.303 e. The molecule has 1 aliphatic carbocycles. The van der Waals surface area contributed by atoms with Crippen molar-refractivity contribution < 1.29 is 23.6 Å². The van der Waals surface area contributed by atoms with Crippen LogP contribution in [0.15, 0.2) is 22.7 Å². The number of carboxylic acid groups (broad SMARTS) is 1. The molecule has 3 rings (SSSR count). The second-order valence-corrected chi connectivity index (χ2v) is 7.53. The number of nitrogens with one attached hydrogen (secondary N) is 1. The number of aromatic nitrogens is 1. The highest BCUT2D eigenvalue weighted by molar-refractivity contribution is 6.33. The lowest BCUT2D eigenvalue weighted by Gasteiger charge is -2.32. The molecule has 6 nitrogen and oxygen atoms in total. The summed E-state index contributed by atoms with van der Waals surface area (Å²) < 4.78 is 19.6. The van der Waals surface area contributed by atoms with Gasteiger partial charge in [-0.3, -0.25) is 9.59 Å². The fraction of sp³-hybridized carbons (Fsp3) is 0.450. The number of hydrogen-bond acceptors (Lipinski definition) is 4. The average Bonchev–Trinajstić information content (AvgIpc) is 3.02. The number of nitrogens with zero attached hydrogens (tertiary/aromatic N) is 1. The zero-order valence-electron chi connectivity index (χ0n) is 15.5. The van der Waals surface area contributed by atoms with E-state index in [1.165, 1.54) is 18.2 Å². The second-order valence-electron chi connectivity index (χ2n) is 7.13. The molecule has 1 amide bonds. The van der Waals surface area contributed by atoms with Crippen LogP contribution in [-0.4, -0.2) is 28.2 Å². The largest absolute Gasteiger partial charge is 0.481 e. The van der Waals surface area contributed by atoms with Crippen LogP contribution in [0.3, 0.4) is 0 Å². The Balaban J connectivity index is 1.85. The van der Waals surface area contributed by atoms with Crippen molar-refractivity contribution in [3.05, 3.63) is 40.3 Å². The lowest BCUT2D eigenvalue weighted by molar-refractivity contribution is -0.137. The van der Waals surface area contributed by atoms with E-state index in [4.69, 9.17) is 21.2 Å². The molecule has 1 saturated carbocycles. The molecule has 0 unspecified atom stereocenters. The van der Waals surface area contributed by atoms with Crippen LogP contribution in [0, 0.1) is 18.7 Å². The number of rotatable bonds is 6. The number of benzene rings is 1. The third-order valence-electron chi connectivity index (χ3n) is 5.23. The molecule has 1 heterocycles. The monoisotopic (exact) mass is 408 g/mol. The molecule has 0 bridgehead atoms. The second kappa shape index (κ2) is 8.73. The van der Waals surface area contributed by atoms with E-state index in [1.807, 2.05) is 0 Å². The molecular weight excluding hydrogens is 387 g/mol. The van der Waals surface area contributed by atoms with Crippen molar-refractivity contribution in [1.29, 1.82) is 0 Å². The summed E-state index contributed by atoms with van der Waals surface area (Å²) in [7, 11) is 0. The van der Waals surface area contributed by atoms with Gasteiger partial charge in [-0.05, 0) is 44.2 Å². The van der Waals surface area contributed by atoms with Gasteiger partial charge in [-0.2, -0.15) is 0 Å². The highest BCUT2D eigenvalue weighted by atomic mass is 35.5. The minimum atomic E-state index is -0.845. The molecule has 150 valence electrons. The van der Waals surface area contributed by atoms with Crippen molar-refractivity contribution >= 4 is 23.5 Å². The van der Waals surface area contributed by atoms with E-state index in [-0.39, 0.29) is 40.3 Å². The van der Waals surface area contributed by atoms with Gasteiger partial charge < -0.3 is 14.9 Å². The molecule has 1 fully saturated rings. The maximum absolute atomic E-state index is 14.3. The quantitative estimate of drug-likeness (QED) is 0.728. The molecule has 2 aromatic rings. The van der Waals surface area contributed by atoms with Gasteiger partial charge in [0.1, 0.15) is 11.4 Å². The SMILES string of the molecule is Cc1noc(-c2c(F)cccc2Cl)c1C(=O)N[C@H]1CCCC[C@H]1CCC(=O)O. The number of hydrogen-bond donors (Lipinski definition) is 2. The predicted molar refractivity (Wildman–Crippen MR) is 102 cm³/mol. The number of aryl methyl sites for hydroxylation is 1. The minimum Gasteiger partial charge on any atom is -0.481 e. The first-order valence-electron chi connectivity index (χ1n) is 9.31. The first kappa shape index (κ1) is 20.3. The van der Waals surface area contributed by atoms with E-state index < -0.39 is 17.7 Å². The Morgan fingerprint density at radius 2 is 2.11 bits per heavy atom. The number of carbonyl (C=O) groups excluding carboxylic acids is 1. The van der Waals surface area contributed by atoms with Crippen molar-refractivity contribution in [2.24, 2.45) is 5.92 Å². The first-order chi connectivity index (χ1) is 13.4. The highest BCUT2D eigenvalue weighted by Gasteiger charge is 2.31. The van der Waals surface area contributed by atoms with Crippen molar-refractivity contribution in [3.63, 3.8) is 0 Å². The van der Waals surface area contributed by atoms with Crippen LogP contribution in [0.2, 0.25) is 5.02 Å². The number of carboxylic acids is 1. The molecule has 1 aliphatic rings. The van der Waals surface area contributed by atoms with Gasteiger partial charge in [0.15, 0.2) is 5.76 Å². The number of carbonyl (C=O) groups is 2. The zero-order valence-corrected chi connectivity index (χ0v) is 16.3. The first-order valence-corrected chi connectivity index (χ1v) is 9.69. The number of halogens is 2. The van der Waals surface area contributed by atoms with E-state index in [0.29, 0.717) is 12.1 Å². The van der Waals surface area contributed by atoms with E-state index in [9.17, 15) is 14.0 Å². The molecule has 2 atom stereocenters. The maximum Gasteiger partial charge on any atom is 0.303 e. The molecule has 2 N–H and O–H groups in total. The number of amides is 1. The summed E-state index contributed by atoms with van der Waals surface area (Å²) in [6, 6.07) is 4.09. The lowest BCUT2D eigenvalue weighted by atomic mass is 9.81. The predicted octanol–water partition coefficient (Wildman–Crippen LogP) is 4.60. The van der Waals surface area contributed by atoms with E-state index in [0.717, 1.165) is 25.7 Å². The van der Waals surface area contributed by atoms with E-state index in [1.54, 1.807) is 6.92 Å². The van der Waals surface area contributed by atoms with Gasteiger partial charge >= 0.3 is 5.97 Å². The summed E-state index contributed by atoms with van der Waals surface area (Å²) in [6.07, 6.45) is 4.19. The fourth-order valence-corrected chi connectivity index (χ4v) is 4.06. The highest BCUT2D eigenvalue weighted by Crippen LogP contribution is 2.35. The Bertz CT molecular complexity index is 863. The molecule has 1 aromatic heterocycles. The Labute approximate surface area is 167 Å². The van der Waals surface area contributed by atoms with Crippen LogP contribution in [0.1, 0.15) is 54.6 Å². The zero-order chi connectivity index (χ0) is 20.3. The van der Waals surface area contributed by atoms with Gasteiger partial charge in [0.25, 0.3) is 5.91 Å². The minimum absolute atomic E-state index is 0.000915. The van der Waals surface area contributed by atoms with Crippen molar-refractivity contribution in [1.82, 2.24) is 10.5 Å². The van der Waals surface area contributed by atoms with Gasteiger partial charge in [0.2, 0.25) is 0 Å². The van der Waals surface area contributed by atoms with Crippen molar-refractivity contribution in [2.45, 2.75) is 51.5 Å². The summed E-state index contributed by atoms with van der Waals surface area (Å²) in [5.41, 5.74) is 0.486. The van der Waals surface area contributed by atoms with Crippen LogP contribution < -0.4 is 5.32 Å². The Morgan fingerprint density at radius 1 is 1.36 bits per heavy atom. The van der Waals surface area contributed by atoms with Gasteiger partial charge in [0.05, 0.1) is 16.3 Å². The van der Waals surface area contributed by atoms with Crippen molar-refractivity contribution in [2.75, 3.05) is 0 Å². The average molecular weight is 409 g/mol. The van der Waals surface area contributed by atoms with Crippen LogP contribution in [-0.2, 0) is 4.79 Å². The standard InChI is InChI=1S/C20H22ClFN2O4/c1-11-17(19(28-24-11)18-13(21)6-4-7-14(18)22)20(27)23-15-8-3-2-5-12(15)9-10-16(25)26/h4,6-7,12,15H,2-3,5,8-10H2,1H3,(H,23,27)(H,25,26)/t12-,15-/m0/s1. The summed E-state index contributed by atoms with van der Waals surface area (Å²) in [5.74, 6) is -1.78. The van der Waals surface area contributed by atoms with Crippen LogP contribution in [0.25, 0.3) is 11.3 Å². The normalized spacial score (nSPS) is 19.4. The summed E-state index contributed by atoms with van der Waals surface area (Å²) in [6.45, 7) is 1.61. The topological polar surface area (TPSA) is 92.4 Å². The van der Waals surface area contributed by atoms with Crippen LogP contribution >= 0.6 is 11.6 Å². The molecule has 8 heteroatoms. The molecule has 1 aromatic carbocycles. The summed E-state index contributed by atoms with van der Waals surface area (Å²) in [4.78, 5) is 23.9. The van der Waals surface area contributed by atoms with Crippen LogP contribution in [0.5, 0.6) is 0 Å². The molecular formula is C20H22ClFN2O4. The molecule has 0 aliphatic heterocycles. The summed E-state index contributed by atoms with van der Waals surface area (Å²) in [5, 5.41) is 15.9. The van der Waals surface area contributed by atoms with Gasteiger partial charge in [-0.25, -0.2) is 4.39 Å². The Morgan fingerprint density at radius 3 is 2.82 bits per heavy atom. The van der Waals surface area contributed by atoms with E-state index >= 15 is 0 Å². The lowest BCUT2D eigenvalue weighted by Crippen LogP contribution is -2.42. The fourth-order valence-electron chi connectivity index (χ4n) is 3.82. The van der Waals surface area contributed by atoms with Gasteiger partial charge in [0, 0.05) is 12.5 Å². The molecule has 0 spiro atoms. The summed E-state index contributed by atoms with van der Waals surface area (Å²) >= 11 is 6.12. The van der Waals surface area contributed by atoms with Crippen molar-refractivity contribution in [3.8, 4) is 11.3 Å². The third-order valence-corrected chi connectivity index (χ3v) is 5.55. The maximum atomic E-state index is 14.3. The molecule has 0 radical (unpaired) electrons. The third kappa shape index (κ3) is 4.35. The van der Waals surface area contributed by atoms with Gasteiger partial charge in [-0.1, -0.05) is 35.7 Å². The van der Waals surface area contributed by atoms with Gasteiger partial charge in [-0.15, -0.1) is 0 Å². The molecule has 0 saturated heterocycles. The molecule has 28 heavy (non-hydrogen) atoms. The van der Waals surface area contributed by atoms with E-state index in [2.05, 4.69) is 10.5 Å². The van der Waals surface area contributed by atoms with Crippen LogP contribution in [0.4, 0.5) is 4.39 Å². The Kier molecular flexibility index (Phi) is 6.34. The Hall–Kier alpha value is -2.41. The number of aliphatic carboxylic acids is 1.